The fraction of sp³-hybridized carbons (Fsp3) is 0.389. The van der Waals surface area contributed by atoms with Gasteiger partial charge in [-0.2, -0.15) is 0 Å². The molecule has 2 N–H and O–H groups in total. The van der Waals surface area contributed by atoms with Gasteiger partial charge in [0.15, 0.2) is 5.82 Å². The van der Waals surface area contributed by atoms with Crippen LogP contribution in [0.2, 0.25) is 0 Å². The van der Waals surface area contributed by atoms with Crippen LogP contribution < -0.4 is 10.6 Å². The van der Waals surface area contributed by atoms with Gasteiger partial charge in [0.25, 0.3) is 0 Å². The molecule has 2 heterocycles. The number of hydrogen-bond donors (Lipinski definition) is 2. The molecule has 1 atom stereocenters. The highest BCUT2D eigenvalue weighted by Gasteiger charge is 2.25. The Hall–Kier alpha value is -2.87. The Morgan fingerprint density at radius 1 is 1.27 bits per heavy atom. The molecule has 1 aromatic carbocycles. The first kappa shape index (κ1) is 17.9. The standard InChI is InChI=1S/C18H22N4O4/c1-13-5-2-3-7-15(13)19-18(24)22(11-14-6-4-9-25-14)12-17(23)20-16-8-10-26-21-16/h2-3,5,7-8,10,14H,4,6,9,11-12H2,1H3,(H,19,24)(H,20,21,23). The van der Waals surface area contributed by atoms with E-state index in [1.165, 1.54) is 17.2 Å². The summed E-state index contributed by atoms with van der Waals surface area (Å²) in [5.74, 6) is -0.0387. The summed E-state index contributed by atoms with van der Waals surface area (Å²) in [6.45, 7) is 2.84. The van der Waals surface area contributed by atoms with Crippen LogP contribution in [0.5, 0.6) is 0 Å². The average Bonchev–Trinajstić information content (AvgIpc) is 3.30. The first-order valence-corrected chi connectivity index (χ1v) is 8.55. The minimum Gasteiger partial charge on any atom is -0.376 e. The van der Waals surface area contributed by atoms with E-state index in [4.69, 9.17) is 4.74 Å². The van der Waals surface area contributed by atoms with Gasteiger partial charge in [-0.15, -0.1) is 0 Å². The van der Waals surface area contributed by atoms with Gasteiger partial charge in [-0.05, 0) is 31.4 Å². The summed E-state index contributed by atoms with van der Waals surface area (Å²) in [5, 5.41) is 9.11. The van der Waals surface area contributed by atoms with Crippen molar-refractivity contribution in [3.8, 4) is 0 Å². The van der Waals surface area contributed by atoms with E-state index < -0.39 is 0 Å². The first-order chi connectivity index (χ1) is 12.6. The molecule has 0 radical (unpaired) electrons. The molecule has 0 aliphatic carbocycles. The van der Waals surface area contributed by atoms with E-state index in [9.17, 15) is 9.59 Å². The van der Waals surface area contributed by atoms with Gasteiger partial charge in [0.2, 0.25) is 5.91 Å². The minimum atomic E-state index is -0.350. The smallest absolute Gasteiger partial charge is 0.322 e. The predicted octanol–water partition coefficient (Wildman–Crippen LogP) is 2.63. The van der Waals surface area contributed by atoms with E-state index in [1.54, 1.807) is 0 Å². The van der Waals surface area contributed by atoms with Crippen molar-refractivity contribution in [2.75, 3.05) is 30.3 Å². The zero-order valence-corrected chi connectivity index (χ0v) is 14.6. The van der Waals surface area contributed by atoms with Gasteiger partial charge in [-0.3, -0.25) is 4.79 Å². The summed E-state index contributed by atoms with van der Waals surface area (Å²) in [6, 6.07) is 8.69. The lowest BCUT2D eigenvalue weighted by Gasteiger charge is -2.25. The Morgan fingerprint density at radius 3 is 2.81 bits per heavy atom. The summed E-state index contributed by atoms with van der Waals surface area (Å²) in [4.78, 5) is 26.5. The topological polar surface area (TPSA) is 96.7 Å². The molecule has 1 aliphatic heterocycles. The predicted molar refractivity (Wildman–Crippen MR) is 95.9 cm³/mol. The number of para-hydroxylation sites is 1. The lowest BCUT2D eigenvalue weighted by atomic mass is 10.2. The number of benzene rings is 1. The van der Waals surface area contributed by atoms with E-state index in [-0.39, 0.29) is 24.6 Å². The average molecular weight is 358 g/mol. The maximum absolute atomic E-state index is 12.7. The van der Waals surface area contributed by atoms with Gasteiger partial charge in [0.1, 0.15) is 12.8 Å². The van der Waals surface area contributed by atoms with Crippen molar-refractivity contribution in [1.82, 2.24) is 10.1 Å². The van der Waals surface area contributed by atoms with E-state index in [0.717, 1.165) is 18.4 Å². The molecule has 8 heteroatoms. The van der Waals surface area contributed by atoms with Crippen LogP contribution in [0.15, 0.2) is 41.1 Å². The van der Waals surface area contributed by atoms with Crippen molar-refractivity contribution in [2.24, 2.45) is 0 Å². The Balaban J connectivity index is 1.66. The minimum absolute atomic E-state index is 0.0579. The van der Waals surface area contributed by atoms with Crippen molar-refractivity contribution < 1.29 is 18.8 Å². The number of urea groups is 1. The van der Waals surface area contributed by atoms with Crippen LogP contribution in [-0.2, 0) is 9.53 Å². The number of nitrogens with one attached hydrogen (secondary N) is 2. The second-order valence-electron chi connectivity index (χ2n) is 6.19. The van der Waals surface area contributed by atoms with Crippen molar-refractivity contribution in [3.63, 3.8) is 0 Å². The van der Waals surface area contributed by atoms with Crippen LogP contribution in [0.25, 0.3) is 0 Å². The molecule has 138 valence electrons. The number of nitrogens with zero attached hydrogens (tertiary/aromatic N) is 2. The Bertz CT molecular complexity index is 741. The van der Waals surface area contributed by atoms with Gasteiger partial charge in [-0.1, -0.05) is 23.4 Å². The van der Waals surface area contributed by atoms with Gasteiger partial charge < -0.3 is 24.8 Å². The molecule has 3 rings (SSSR count). The molecular formula is C18H22N4O4. The van der Waals surface area contributed by atoms with Crippen LogP contribution in [-0.4, -0.2) is 47.8 Å². The summed E-state index contributed by atoms with van der Waals surface area (Å²) in [6.07, 6.45) is 3.14. The number of anilines is 2. The fourth-order valence-corrected chi connectivity index (χ4v) is 2.79. The highest BCUT2D eigenvalue weighted by molar-refractivity contribution is 5.96. The zero-order valence-electron chi connectivity index (χ0n) is 14.6. The zero-order chi connectivity index (χ0) is 18.4. The molecule has 3 amide bonds. The molecule has 0 saturated carbocycles. The van der Waals surface area contributed by atoms with Crippen LogP contribution in [0.4, 0.5) is 16.3 Å². The molecule has 1 aliphatic rings. The normalized spacial score (nSPS) is 16.3. The summed E-state index contributed by atoms with van der Waals surface area (Å²) in [7, 11) is 0. The molecule has 26 heavy (non-hydrogen) atoms. The Morgan fingerprint density at radius 2 is 2.12 bits per heavy atom. The highest BCUT2D eigenvalue weighted by Crippen LogP contribution is 2.17. The molecule has 1 fully saturated rings. The maximum Gasteiger partial charge on any atom is 0.322 e. The highest BCUT2D eigenvalue weighted by atomic mass is 16.5. The number of aryl methyl sites for hydroxylation is 1. The van der Waals surface area contributed by atoms with Gasteiger partial charge >= 0.3 is 6.03 Å². The molecular weight excluding hydrogens is 336 g/mol. The summed E-state index contributed by atoms with van der Waals surface area (Å²) >= 11 is 0. The Labute approximate surface area is 151 Å². The molecule has 1 saturated heterocycles. The van der Waals surface area contributed by atoms with E-state index in [1.807, 2.05) is 31.2 Å². The monoisotopic (exact) mass is 358 g/mol. The Kier molecular flexibility index (Phi) is 5.85. The third-order valence-corrected chi connectivity index (χ3v) is 4.16. The number of aromatic nitrogens is 1. The lowest BCUT2D eigenvalue weighted by Crippen LogP contribution is -2.44. The number of carbonyl (C=O) groups excluding carboxylic acids is 2. The third-order valence-electron chi connectivity index (χ3n) is 4.16. The number of amides is 3. The molecule has 8 nitrogen and oxygen atoms in total. The lowest BCUT2D eigenvalue weighted by molar-refractivity contribution is -0.117. The third kappa shape index (κ3) is 4.82. The van der Waals surface area contributed by atoms with Crippen molar-refractivity contribution in [3.05, 3.63) is 42.2 Å². The second-order valence-corrected chi connectivity index (χ2v) is 6.19. The van der Waals surface area contributed by atoms with Crippen molar-refractivity contribution >= 4 is 23.4 Å². The van der Waals surface area contributed by atoms with Crippen molar-refractivity contribution in [1.29, 1.82) is 0 Å². The van der Waals surface area contributed by atoms with Crippen LogP contribution in [0, 0.1) is 6.92 Å². The summed E-state index contributed by atoms with van der Waals surface area (Å²) in [5.41, 5.74) is 1.66. The maximum atomic E-state index is 12.7. The van der Waals surface area contributed by atoms with Crippen LogP contribution in [0.1, 0.15) is 18.4 Å². The molecule has 2 aromatic rings. The van der Waals surface area contributed by atoms with Crippen molar-refractivity contribution in [2.45, 2.75) is 25.9 Å². The number of rotatable bonds is 6. The fourth-order valence-electron chi connectivity index (χ4n) is 2.79. The largest absolute Gasteiger partial charge is 0.376 e. The number of hydrogen-bond acceptors (Lipinski definition) is 5. The first-order valence-electron chi connectivity index (χ1n) is 8.55. The van der Waals surface area contributed by atoms with E-state index >= 15 is 0 Å². The SMILES string of the molecule is Cc1ccccc1NC(=O)N(CC(=O)Nc1ccon1)CC1CCCO1. The molecule has 0 spiro atoms. The van der Waals surface area contributed by atoms with Crippen LogP contribution in [0.3, 0.4) is 0 Å². The molecule has 1 unspecified atom stereocenters. The quantitative estimate of drug-likeness (QED) is 0.827. The summed E-state index contributed by atoms with van der Waals surface area (Å²) < 4.78 is 10.3. The van der Waals surface area contributed by atoms with E-state index in [2.05, 4.69) is 20.3 Å². The van der Waals surface area contributed by atoms with Crippen LogP contribution >= 0.6 is 0 Å². The molecule has 1 aromatic heterocycles. The van der Waals surface area contributed by atoms with Gasteiger partial charge in [0.05, 0.1) is 6.10 Å². The van der Waals surface area contributed by atoms with E-state index in [0.29, 0.717) is 24.7 Å². The number of ether oxygens (including phenoxy) is 1. The molecule has 0 bridgehead atoms. The van der Waals surface area contributed by atoms with Gasteiger partial charge in [-0.25, -0.2) is 4.79 Å². The number of carbonyl (C=O) groups is 2. The second kappa shape index (κ2) is 8.48. The van der Waals surface area contributed by atoms with Gasteiger partial charge in [0, 0.05) is 24.9 Å².